The highest BCUT2D eigenvalue weighted by atomic mass is 16.5. The average Bonchev–Trinajstić information content (AvgIpc) is 3.21. The molecule has 0 unspecified atom stereocenters. The van der Waals surface area contributed by atoms with Gasteiger partial charge in [-0.3, -0.25) is 9.78 Å². The number of morpholine rings is 1. The second-order valence-electron chi connectivity index (χ2n) is 7.06. The number of H-pyrrole nitrogens is 1. The van der Waals surface area contributed by atoms with Crippen molar-refractivity contribution in [1.29, 1.82) is 0 Å². The molecule has 1 aliphatic rings. The quantitative estimate of drug-likeness (QED) is 0.565. The molecule has 1 aliphatic heterocycles. The number of aromatic nitrogens is 3. The van der Waals surface area contributed by atoms with Crippen molar-refractivity contribution in [3.63, 3.8) is 0 Å². The molecule has 0 saturated carbocycles. The summed E-state index contributed by atoms with van der Waals surface area (Å²) in [6.45, 7) is 3.21. The predicted octanol–water partition coefficient (Wildman–Crippen LogP) is 2.97. The number of rotatable bonds is 3. The summed E-state index contributed by atoms with van der Waals surface area (Å²) in [6.07, 6.45) is 5.39. The molecule has 0 atom stereocenters. The number of carbonyl (C=O) groups excluding carboxylic acids is 1. The summed E-state index contributed by atoms with van der Waals surface area (Å²) in [7, 11) is 1.62. The molecular weight excluding hydrogens is 366 g/mol. The van der Waals surface area contributed by atoms with Gasteiger partial charge in [0.25, 0.3) is 5.91 Å². The van der Waals surface area contributed by atoms with Crippen molar-refractivity contribution in [2.24, 2.45) is 0 Å². The lowest BCUT2D eigenvalue weighted by Crippen LogP contribution is -2.36. The van der Waals surface area contributed by atoms with Crippen molar-refractivity contribution in [2.45, 2.75) is 0 Å². The van der Waals surface area contributed by atoms with Crippen molar-refractivity contribution < 1.29 is 9.53 Å². The van der Waals surface area contributed by atoms with Crippen molar-refractivity contribution in [1.82, 2.24) is 20.3 Å². The zero-order valence-corrected chi connectivity index (χ0v) is 16.1. The van der Waals surface area contributed by atoms with Gasteiger partial charge in [-0.25, -0.2) is 4.98 Å². The van der Waals surface area contributed by atoms with Crippen LogP contribution in [0, 0.1) is 0 Å². The molecule has 1 saturated heterocycles. The molecule has 4 aromatic rings. The lowest BCUT2D eigenvalue weighted by molar-refractivity contribution is 0.0963. The number of nitrogens with one attached hydrogen (secondary N) is 2. The van der Waals surface area contributed by atoms with E-state index in [-0.39, 0.29) is 5.91 Å². The molecule has 7 nitrogen and oxygen atoms in total. The molecule has 1 aromatic carbocycles. The highest BCUT2D eigenvalue weighted by molar-refractivity contribution is 6.03. The summed E-state index contributed by atoms with van der Waals surface area (Å²) < 4.78 is 5.50. The van der Waals surface area contributed by atoms with Gasteiger partial charge in [0, 0.05) is 60.8 Å². The molecule has 7 heteroatoms. The monoisotopic (exact) mass is 387 g/mol. The smallest absolute Gasteiger partial charge is 0.252 e. The number of hydrogen-bond donors (Lipinski definition) is 2. The van der Waals surface area contributed by atoms with Crippen LogP contribution in [-0.4, -0.2) is 54.2 Å². The number of aromatic amines is 1. The zero-order valence-electron chi connectivity index (χ0n) is 16.1. The molecule has 2 N–H and O–H groups in total. The number of hydrogen-bond acceptors (Lipinski definition) is 5. The summed E-state index contributed by atoms with van der Waals surface area (Å²) in [5, 5.41) is 4.68. The van der Waals surface area contributed by atoms with Gasteiger partial charge in [0.1, 0.15) is 5.65 Å². The van der Waals surface area contributed by atoms with Gasteiger partial charge >= 0.3 is 0 Å². The van der Waals surface area contributed by atoms with Gasteiger partial charge in [-0.15, -0.1) is 0 Å². The SMILES string of the molecule is CNC(=O)c1cnc2[nH]cc(-c3ccc4nccc(N5CCOCC5)c4c3)c2c1. The second-order valence-corrected chi connectivity index (χ2v) is 7.06. The third kappa shape index (κ3) is 3.09. The molecule has 4 heterocycles. The van der Waals surface area contributed by atoms with E-state index in [1.165, 1.54) is 5.69 Å². The largest absolute Gasteiger partial charge is 0.378 e. The van der Waals surface area contributed by atoms with E-state index in [1.807, 2.05) is 24.5 Å². The number of carbonyl (C=O) groups is 1. The molecular formula is C22H21N5O2. The highest BCUT2D eigenvalue weighted by Crippen LogP contribution is 2.33. The third-order valence-electron chi connectivity index (χ3n) is 5.40. The Bertz CT molecular complexity index is 1210. The van der Waals surface area contributed by atoms with Gasteiger partial charge in [-0.2, -0.15) is 0 Å². The van der Waals surface area contributed by atoms with E-state index < -0.39 is 0 Å². The molecule has 0 spiro atoms. The second kappa shape index (κ2) is 7.18. The van der Waals surface area contributed by atoms with Crippen LogP contribution in [0.2, 0.25) is 0 Å². The minimum absolute atomic E-state index is 0.149. The number of anilines is 1. The Balaban J connectivity index is 1.64. The Labute approximate surface area is 167 Å². The van der Waals surface area contributed by atoms with Gasteiger partial charge in [0.15, 0.2) is 0 Å². The molecule has 0 radical (unpaired) electrons. The highest BCUT2D eigenvalue weighted by Gasteiger charge is 2.16. The first kappa shape index (κ1) is 17.6. The fourth-order valence-corrected chi connectivity index (χ4v) is 3.89. The van der Waals surface area contributed by atoms with Crippen LogP contribution < -0.4 is 10.2 Å². The van der Waals surface area contributed by atoms with E-state index in [0.717, 1.165) is 59.4 Å². The van der Waals surface area contributed by atoms with Crippen molar-refractivity contribution in [3.8, 4) is 11.1 Å². The first-order valence-corrected chi connectivity index (χ1v) is 9.65. The summed E-state index contributed by atoms with van der Waals surface area (Å²) in [6, 6.07) is 10.2. The Morgan fingerprint density at radius 1 is 1.14 bits per heavy atom. The standard InChI is InChI=1S/C22H21N5O2/c1-23-22(28)15-11-16-18(13-26-21(16)25-12-15)14-2-3-19-17(10-14)20(4-5-24-19)27-6-8-29-9-7-27/h2-5,10-13H,6-9H2,1H3,(H,23,28)(H,25,26). The van der Waals surface area contributed by atoms with Gasteiger partial charge in [-0.05, 0) is 29.8 Å². The van der Waals surface area contributed by atoms with Crippen LogP contribution in [0.25, 0.3) is 33.1 Å². The van der Waals surface area contributed by atoms with Crippen molar-refractivity contribution >= 4 is 33.5 Å². The van der Waals surface area contributed by atoms with Crippen LogP contribution in [0.1, 0.15) is 10.4 Å². The Morgan fingerprint density at radius 3 is 2.83 bits per heavy atom. The maximum atomic E-state index is 12.0. The number of ether oxygens (including phenoxy) is 1. The molecule has 5 rings (SSSR count). The number of amides is 1. The van der Waals surface area contributed by atoms with E-state index in [0.29, 0.717) is 5.56 Å². The zero-order chi connectivity index (χ0) is 19.8. The van der Waals surface area contributed by atoms with E-state index in [2.05, 4.69) is 43.4 Å². The van der Waals surface area contributed by atoms with Gasteiger partial charge < -0.3 is 19.9 Å². The molecule has 29 heavy (non-hydrogen) atoms. The molecule has 146 valence electrons. The van der Waals surface area contributed by atoms with Crippen LogP contribution in [0.15, 0.2) is 48.9 Å². The van der Waals surface area contributed by atoms with Crippen molar-refractivity contribution in [2.75, 3.05) is 38.3 Å². The maximum absolute atomic E-state index is 12.0. The van der Waals surface area contributed by atoms with E-state index >= 15 is 0 Å². The Morgan fingerprint density at radius 2 is 2.00 bits per heavy atom. The topological polar surface area (TPSA) is 83.1 Å². The minimum Gasteiger partial charge on any atom is -0.378 e. The van der Waals surface area contributed by atoms with Crippen LogP contribution in [0.5, 0.6) is 0 Å². The summed E-state index contributed by atoms with van der Waals surface area (Å²) in [5.41, 5.74) is 5.50. The maximum Gasteiger partial charge on any atom is 0.252 e. The number of benzene rings is 1. The number of pyridine rings is 2. The van der Waals surface area contributed by atoms with E-state index in [4.69, 9.17) is 4.74 Å². The van der Waals surface area contributed by atoms with Crippen LogP contribution in [-0.2, 0) is 4.74 Å². The van der Waals surface area contributed by atoms with Crippen LogP contribution in [0.3, 0.4) is 0 Å². The van der Waals surface area contributed by atoms with E-state index in [9.17, 15) is 4.79 Å². The average molecular weight is 387 g/mol. The lowest BCUT2D eigenvalue weighted by Gasteiger charge is -2.29. The van der Waals surface area contributed by atoms with Crippen LogP contribution in [0.4, 0.5) is 5.69 Å². The van der Waals surface area contributed by atoms with Gasteiger partial charge in [0.2, 0.25) is 0 Å². The predicted molar refractivity (Wildman–Crippen MR) is 113 cm³/mol. The Kier molecular flexibility index (Phi) is 4.37. The molecule has 3 aromatic heterocycles. The first-order valence-electron chi connectivity index (χ1n) is 9.65. The van der Waals surface area contributed by atoms with Gasteiger partial charge in [0.05, 0.1) is 24.3 Å². The summed E-state index contributed by atoms with van der Waals surface area (Å²) in [4.78, 5) is 26.5. The first-order chi connectivity index (χ1) is 14.2. The number of fused-ring (bicyclic) bond motifs is 2. The van der Waals surface area contributed by atoms with Gasteiger partial charge in [-0.1, -0.05) is 6.07 Å². The lowest BCUT2D eigenvalue weighted by atomic mass is 10.0. The normalized spacial score (nSPS) is 14.4. The Hall–Kier alpha value is -3.45. The van der Waals surface area contributed by atoms with Crippen molar-refractivity contribution in [3.05, 3.63) is 54.5 Å². The molecule has 0 aliphatic carbocycles. The fraction of sp³-hybridized carbons (Fsp3) is 0.227. The van der Waals surface area contributed by atoms with Crippen LogP contribution >= 0.6 is 0 Å². The molecule has 1 amide bonds. The third-order valence-corrected chi connectivity index (χ3v) is 5.40. The molecule has 1 fully saturated rings. The molecule has 0 bridgehead atoms. The minimum atomic E-state index is -0.149. The fourth-order valence-electron chi connectivity index (χ4n) is 3.89. The van der Waals surface area contributed by atoms with E-state index in [1.54, 1.807) is 13.2 Å². The summed E-state index contributed by atoms with van der Waals surface area (Å²) in [5.74, 6) is -0.149. The summed E-state index contributed by atoms with van der Waals surface area (Å²) >= 11 is 0. The number of nitrogens with zero attached hydrogens (tertiary/aromatic N) is 3.